The molecule has 3 heterocycles. The van der Waals surface area contributed by atoms with Gasteiger partial charge in [0, 0.05) is 5.92 Å². The monoisotopic (exact) mass is 510 g/mol. The molecule has 0 aromatic heterocycles. The molecule has 12 atom stereocenters. The fourth-order valence-electron chi connectivity index (χ4n) is 6.71. The number of esters is 1. The zero-order valence-corrected chi connectivity index (χ0v) is 21.6. The number of hydrogen-bond acceptors (Lipinski definition) is 6. The van der Waals surface area contributed by atoms with Crippen LogP contribution in [0.1, 0.15) is 41.0 Å². The van der Waals surface area contributed by atoms with Gasteiger partial charge in [-0.05, 0) is 56.8 Å². The number of Topliss-reactive ketones (excluding diaryl/α,β-unsaturated/α-hetero) is 2. The third-order valence-corrected chi connectivity index (χ3v) is 9.52. The lowest BCUT2D eigenvalue weighted by molar-refractivity contribution is -0.156. The first-order valence-corrected chi connectivity index (χ1v) is 13.0. The molecular formula is C26H32Cl2O6. The Labute approximate surface area is 210 Å². The van der Waals surface area contributed by atoms with Crippen LogP contribution in [0.25, 0.3) is 0 Å². The molecule has 3 aliphatic heterocycles. The van der Waals surface area contributed by atoms with Gasteiger partial charge in [0.1, 0.15) is 24.2 Å². The van der Waals surface area contributed by atoms with Gasteiger partial charge in [-0.1, -0.05) is 61.4 Å². The highest BCUT2D eigenvalue weighted by atomic mass is 35.5. The SMILES string of the molecule is CC1C2C3C(=O)C(Cl)(Cl)C(=O)[C@H](C)C(=O)O[C@@H](C)C4OC4/C=C\[C@@H](C)[C@@H]3C=C[C@@H]2C[C@@]2(C)O[C@@H]12. The van der Waals surface area contributed by atoms with Crippen molar-refractivity contribution < 1.29 is 28.6 Å². The van der Waals surface area contributed by atoms with Crippen molar-refractivity contribution in [3.63, 3.8) is 0 Å². The molecular weight excluding hydrogens is 479 g/mol. The van der Waals surface area contributed by atoms with E-state index in [0.29, 0.717) is 0 Å². The first kappa shape index (κ1) is 24.5. The fourth-order valence-corrected chi connectivity index (χ4v) is 7.29. The average molecular weight is 511 g/mol. The maximum atomic E-state index is 14.1. The fraction of sp³-hybridized carbons (Fsp3) is 0.731. The topological polar surface area (TPSA) is 85.5 Å². The normalized spacial score (nSPS) is 52.8. The highest BCUT2D eigenvalue weighted by molar-refractivity contribution is 6.68. The number of ketones is 2. The van der Waals surface area contributed by atoms with Crippen LogP contribution in [-0.2, 0) is 28.6 Å². The first-order chi connectivity index (χ1) is 15.9. The Kier molecular flexibility index (Phi) is 5.87. The number of alkyl halides is 2. The molecule has 8 heteroatoms. The van der Waals surface area contributed by atoms with Crippen molar-refractivity contribution in [1.29, 1.82) is 0 Å². The van der Waals surface area contributed by atoms with Crippen LogP contribution in [-0.4, -0.2) is 51.9 Å². The van der Waals surface area contributed by atoms with E-state index in [9.17, 15) is 14.4 Å². The van der Waals surface area contributed by atoms with Gasteiger partial charge in [-0.2, -0.15) is 0 Å². The van der Waals surface area contributed by atoms with E-state index < -0.39 is 39.8 Å². The molecule has 0 spiro atoms. The Bertz CT molecular complexity index is 974. The van der Waals surface area contributed by atoms with E-state index in [4.69, 9.17) is 37.4 Å². The van der Waals surface area contributed by atoms with Crippen LogP contribution in [0.2, 0.25) is 0 Å². The second kappa shape index (κ2) is 8.16. The molecule has 0 aromatic rings. The molecule has 34 heavy (non-hydrogen) atoms. The maximum absolute atomic E-state index is 14.1. The van der Waals surface area contributed by atoms with Crippen molar-refractivity contribution in [2.75, 3.05) is 0 Å². The average Bonchev–Trinajstić information content (AvgIpc) is 3.69. The third kappa shape index (κ3) is 3.80. The van der Waals surface area contributed by atoms with Gasteiger partial charge in [-0.25, -0.2) is 0 Å². The molecule has 2 saturated heterocycles. The summed E-state index contributed by atoms with van der Waals surface area (Å²) >= 11 is 13.1. The third-order valence-electron chi connectivity index (χ3n) is 8.78. The van der Waals surface area contributed by atoms with E-state index in [1.165, 1.54) is 6.92 Å². The van der Waals surface area contributed by atoms with Gasteiger partial charge >= 0.3 is 5.97 Å². The molecule has 0 bridgehead atoms. The largest absolute Gasteiger partial charge is 0.459 e. The number of fused-ring (bicyclic) bond motifs is 5. The summed E-state index contributed by atoms with van der Waals surface area (Å²) in [5, 5.41) is 0. The van der Waals surface area contributed by atoms with Crippen molar-refractivity contribution in [3.8, 4) is 0 Å². The molecule has 0 aromatic carbocycles. The van der Waals surface area contributed by atoms with Gasteiger partial charge < -0.3 is 14.2 Å². The molecule has 5 rings (SSSR count). The summed E-state index contributed by atoms with van der Waals surface area (Å²) < 4.78 is 14.8. The number of carbonyl (C=O) groups is 3. The quantitative estimate of drug-likeness (QED) is 0.160. The molecule has 2 aliphatic carbocycles. The van der Waals surface area contributed by atoms with Crippen LogP contribution in [0.5, 0.6) is 0 Å². The molecule has 5 aliphatic rings. The summed E-state index contributed by atoms with van der Waals surface area (Å²) in [7, 11) is 0. The Morgan fingerprint density at radius 3 is 2.38 bits per heavy atom. The second-order valence-electron chi connectivity index (χ2n) is 11.1. The number of carbonyl (C=O) groups excluding carboxylic acids is 3. The van der Waals surface area contributed by atoms with Crippen LogP contribution < -0.4 is 0 Å². The highest BCUT2D eigenvalue weighted by Crippen LogP contribution is 2.60. The van der Waals surface area contributed by atoms with Crippen molar-refractivity contribution in [2.24, 2.45) is 41.4 Å². The smallest absolute Gasteiger partial charge is 0.316 e. The standard InChI is InChI=1S/C26H32Cl2O6/c1-11-6-9-17-20(33-17)14(4)32-24(31)13(3)21(29)26(27,28)22(30)19-16(11)8-7-15-10-25(5)23(34-25)12(2)18(15)19/h6-9,11-20,23H,10H2,1-5H3/b9-6-/t11-,12?,13+,14+,15-,16+,17?,18?,19?,20?,23+,25-/m1/s1. The van der Waals surface area contributed by atoms with Crippen molar-refractivity contribution in [2.45, 2.75) is 75.4 Å². The lowest BCUT2D eigenvalue weighted by atomic mass is 9.56. The van der Waals surface area contributed by atoms with Gasteiger partial charge in [0.2, 0.25) is 4.33 Å². The van der Waals surface area contributed by atoms with Crippen molar-refractivity contribution in [3.05, 3.63) is 24.3 Å². The summed E-state index contributed by atoms with van der Waals surface area (Å²) in [6.45, 7) is 9.39. The van der Waals surface area contributed by atoms with Crippen LogP contribution in [0, 0.1) is 41.4 Å². The molecule has 5 unspecified atom stereocenters. The number of halogens is 2. The maximum Gasteiger partial charge on any atom is 0.316 e. The van der Waals surface area contributed by atoms with Crippen LogP contribution in [0.15, 0.2) is 24.3 Å². The highest BCUT2D eigenvalue weighted by Gasteiger charge is 2.65. The second-order valence-corrected chi connectivity index (χ2v) is 12.4. The molecule has 1 saturated carbocycles. The first-order valence-electron chi connectivity index (χ1n) is 12.2. The summed E-state index contributed by atoms with van der Waals surface area (Å²) in [6.07, 6.45) is 8.23. The van der Waals surface area contributed by atoms with E-state index in [-0.39, 0.29) is 53.5 Å². The summed E-state index contributed by atoms with van der Waals surface area (Å²) in [6, 6.07) is 0. The molecule has 6 nitrogen and oxygen atoms in total. The Balaban J connectivity index is 1.56. The minimum absolute atomic E-state index is 0.0194. The number of hydrogen-bond donors (Lipinski definition) is 0. The minimum atomic E-state index is -2.35. The minimum Gasteiger partial charge on any atom is -0.459 e. The number of ether oxygens (including phenoxy) is 3. The molecule has 0 amide bonds. The van der Waals surface area contributed by atoms with E-state index in [0.717, 1.165) is 6.42 Å². The Morgan fingerprint density at radius 2 is 1.68 bits per heavy atom. The predicted octanol–water partition coefficient (Wildman–Crippen LogP) is 4.07. The van der Waals surface area contributed by atoms with Crippen molar-refractivity contribution >= 4 is 40.7 Å². The lowest BCUT2D eigenvalue weighted by Gasteiger charge is -2.47. The molecule has 3 fully saturated rings. The zero-order chi connectivity index (χ0) is 24.7. The number of rotatable bonds is 0. The van der Waals surface area contributed by atoms with Crippen LogP contribution in [0.4, 0.5) is 0 Å². The van der Waals surface area contributed by atoms with Gasteiger partial charge in [-0.3, -0.25) is 14.4 Å². The Hall–Kier alpha value is -1.21. The summed E-state index contributed by atoms with van der Waals surface area (Å²) in [5.41, 5.74) is -0.171. The van der Waals surface area contributed by atoms with Gasteiger partial charge in [-0.15, -0.1) is 0 Å². The van der Waals surface area contributed by atoms with E-state index >= 15 is 0 Å². The zero-order valence-electron chi connectivity index (χ0n) is 20.1. The molecule has 186 valence electrons. The summed E-state index contributed by atoms with van der Waals surface area (Å²) in [5.74, 6) is -4.06. The number of allylic oxidation sites excluding steroid dienone is 3. The van der Waals surface area contributed by atoms with E-state index in [1.807, 2.05) is 12.2 Å². The predicted molar refractivity (Wildman–Crippen MR) is 126 cm³/mol. The number of epoxide rings is 2. The van der Waals surface area contributed by atoms with E-state index in [2.05, 4.69) is 32.9 Å². The molecule has 0 N–H and O–H groups in total. The number of cyclic esters (lactones) is 1. The van der Waals surface area contributed by atoms with E-state index in [1.54, 1.807) is 6.92 Å². The van der Waals surface area contributed by atoms with Crippen LogP contribution >= 0.6 is 23.2 Å². The van der Waals surface area contributed by atoms with Gasteiger partial charge in [0.05, 0.1) is 11.7 Å². The van der Waals surface area contributed by atoms with Crippen LogP contribution in [0.3, 0.4) is 0 Å². The Morgan fingerprint density at radius 1 is 0.971 bits per heavy atom. The van der Waals surface area contributed by atoms with Gasteiger partial charge in [0.25, 0.3) is 0 Å². The van der Waals surface area contributed by atoms with Crippen molar-refractivity contribution in [1.82, 2.24) is 0 Å². The summed E-state index contributed by atoms with van der Waals surface area (Å²) in [4.78, 5) is 40.0. The molecule has 0 radical (unpaired) electrons. The lowest BCUT2D eigenvalue weighted by Crippen LogP contribution is -2.54. The van der Waals surface area contributed by atoms with Gasteiger partial charge in [0.15, 0.2) is 11.6 Å².